The first-order valence-electron chi connectivity index (χ1n) is 2.60. The molecule has 0 saturated heterocycles. The van der Waals surface area contributed by atoms with Gasteiger partial charge in [-0.1, -0.05) is 0 Å². The van der Waals surface area contributed by atoms with Crippen LogP contribution in [0.25, 0.3) is 10.2 Å². The Hall–Kier alpha value is -0.960. The summed E-state index contributed by atoms with van der Waals surface area (Å²) in [4.78, 5) is 8.99. The van der Waals surface area contributed by atoms with E-state index in [-0.39, 0.29) is 0 Å². The number of hydrogen-bond acceptors (Lipinski definition) is 3. The van der Waals surface area contributed by atoms with Gasteiger partial charge in [0.05, 0.1) is 0 Å². The van der Waals surface area contributed by atoms with E-state index in [0.29, 0.717) is 0 Å². The zero-order valence-electron chi connectivity index (χ0n) is 4.61. The Balaban J connectivity index is 2.95. The van der Waals surface area contributed by atoms with E-state index in [4.69, 9.17) is 0 Å². The molecular formula is C6H4N2S. The molecule has 0 aliphatic rings. The zero-order valence-corrected chi connectivity index (χ0v) is 5.43. The second kappa shape index (κ2) is 1.77. The van der Waals surface area contributed by atoms with Crippen LogP contribution in [0, 0.1) is 0 Å². The van der Waals surface area contributed by atoms with E-state index in [1.807, 2.05) is 17.6 Å². The highest BCUT2D eigenvalue weighted by atomic mass is 32.1. The standard InChI is InChI=1S/C6H4N2S/c1-2-9-6-5(1)3-7-4-8-6/h1-4H. The van der Waals surface area contributed by atoms with Crippen LogP contribution >= 0.6 is 11.3 Å². The Morgan fingerprint density at radius 1 is 1.44 bits per heavy atom. The fourth-order valence-corrected chi connectivity index (χ4v) is 1.42. The third-order valence-electron chi connectivity index (χ3n) is 1.13. The molecule has 0 aromatic carbocycles. The van der Waals surface area contributed by atoms with Crippen molar-refractivity contribution in [1.29, 1.82) is 0 Å². The van der Waals surface area contributed by atoms with Crippen LogP contribution in [0.2, 0.25) is 0 Å². The molecule has 0 radical (unpaired) electrons. The molecule has 0 bridgehead atoms. The van der Waals surface area contributed by atoms with Gasteiger partial charge in [0.15, 0.2) is 0 Å². The number of hydrogen-bond donors (Lipinski definition) is 0. The van der Waals surface area contributed by atoms with Gasteiger partial charge < -0.3 is 0 Å². The number of fused-ring (bicyclic) bond motifs is 1. The molecule has 0 saturated carbocycles. The maximum absolute atomic E-state index is 4.05. The molecule has 44 valence electrons. The molecule has 0 aliphatic heterocycles. The fourth-order valence-electron chi connectivity index (χ4n) is 0.714. The summed E-state index contributed by atoms with van der Waals surface area (Å²) >= 11 is 1.64. The van der Waals surface area contributed by atoms with E-state index >= 15 is 0 Å². The number of rotatable bonds is 0. The van der Waals surface area contributed by atoms with Crippen LogP contribution in [0.1, 0.15) is 0 Å². The topological polar surface area (TPSA) is 25.8 Å². The fraction of sp³-hybridized carbons (Fsp3) is 0. The van der Waals surface area contributed by atoms with Crippen molar-refractivity contribution in [3.05, 3.63) is 24.0 Å². The van der Waals surface area contributed by atoms with Crippen LogP contribution in [-0.4, -0.2) is 9.97 Å². The highest BCUT2D eigenvalue weighted by Crippen LogP contribution is 2.14. The first-order chi connectivity index (χ1) is 4.47. The first-order valence-corrected chi connectivity index (χ1v) is 3.48. The average molecular weight is 136 g/mol. The molecule has 0 fully saturated rings. The van der Waals surface area contributed by atoms with Crippen molar-refractivity contribution in [2.24, 2.45) is 0 Å². The molecule has 2 rings (SSSR count). The molecule has 0 aliphatic carbocycles. The molecule has 0 spiro atoms. The van der Waals surface area contributed by atoms with E-state index in [0.717, 1.165) is 10.2 Å². The Morgan fingerprint density at radius 3 is 3.33 bits per heavy atom. The predicted octanol–water partition coefficient (Wildman–Crippen LogP) is 1.69. The van der Waals surface area contributed by atoms with Crippen molar-refractivity contribution in [3.63, 3.8) is 0 Å². The van der Waals surface area contributed by atoms with Crippen LogP contribution in [0.3, 0.4) is 0 Å². The van der Waals surface area contributed by atoms with Crippen molar-refractivity contribution >= 4 is 21.6 Å². The van der Waals surface area contributed by atoms with Crippen molar-refractivity contribution in [2.45, 2.75) is 0 Å². The van der Waals surface area contributed by atoms with Gasteiger partial charge >= 0.3 is 0 Å². The van der Waals surface area contributed by atoms with Crippen molar-refractivity contribution < 1.29 is 0 Å². The highest BCUT2D eigenvalue weighted by Gasteiger charge is 1.90. The third kappa shape index (κ3) is 0.695. The van der Waals surface area contributed by atoms with E-state index in [1.165, 1.54) is 0 Å². The molecule has 0 amide bonds. The monoisotopic (exact) mass is 136 g/mol. The highest BCUT2D eigenvalue weighted by molar-refractivity contribution is 7.16. The Kier molecular flexibility index (Phi) is 0.960. The molecule has 2 nitrogen and oxygen atoms in total. The third-order valence-corrected chi connectivity index (χ3v) is 1.97. The summed E-state index contributed by atoms with van der Waals surface area (Å²) in [5.74, 6) is 0. The minimum atomic E-state index is 1.06. The van der Waals surface area contributed by atoms with Crippen LogP contribution in [0.15, 0.2) is 24.0 Å². The molecule has 9 heavy (non-hydrogen) atoms. The van der Waals surface area contributed by atoms with Gasteiger partial charge in [-0.05, 0) is 11.4 Å². The second-order valence-corrected chi connectivity index (χ2v) is 2.60. The van der Waals surface area contributed by atoms with Crippen LogP contribution < -0.4 is 0 Å². The quantitative estimate of drug-likeness (QED) is 0.550. The minimum absolute atomic E-state index is 1.06. The van der Waals surface area contributed by atoms with Gasteiger partial charge in [0.25, 0.3) is 0 Å². The lowest BCUT2D eigenvalue weighted by molar-refractivity contribution is 1.23. The second-order valence-electron chi connectivity index (χ2n) is 1.70. The maximum atomic E-state index is 4.05. The normalized spacial score (nSPS) is 10.2. The lowest BCUT2D eigenvalue weighted by Gasteiger charge is -1.81. The smallest absolute Gasteiger partial charge is 0.126 e. The van der Waals surface area contributed by atoms with Gasteiger partial charge in [-0.15, -0.1) is 11.3 Å². The van der Waals surface area contributed by atoms with Crippen LogP contribution in [0.4, 0.5) is 0 Å². The molecule has 0 unspecified atom stereocenters. The number of nitrogens with zero attached hydrogens (tertiary/aromatic N) is 2. The Morgan fingerprint density at radius 2 is 2.44 bits per heavy atom. The SMILES string of the molecule is c1ncc2ccsc2n1. The lowest BCUT2D eigenvalue weighted by atomic mass is 10.4. The summed E-state index contributed by atoms with van der Waals surface area (Å²) in [7, 11) is 0. The predicted molar refractivity (Wildman–Crippen MR) is 37.4 cm³/mol. The Labute approximate surface area is 56.2 Å². The molecule has 2 aromatic rings. The summed E-state index contributed by atoms with van der Waals surface area (Å²) < 4.78 is 0. The molecule has 2 aromatic heterocycles. The molecule has 0 atom stereocenters. The summed E-state index contributed by atoms with van der Waals surface area (Å²) in [5, 5.41) is 3.14. The van der Waals surface area contributed by atoms with Gasteiger partial charge in [-0.3, -0.25) is 0 Å². The number of thiophene rings is 1. The average Bonchev–Trinajstić information content (AvgIpc) is 2.33. The number of aromatic nitrogens is 2. The molecule has 2 heterocycles. The van der Waals surface area contributed by atoms with Crippen molar-refractivity contribution in [2.75, 3.05) is 0 Å². The van der Waals surface area contributed by atoms with Gasteiger partial charge in [0, 0.05) is 11.6 Å². The van der Waals surface area contributed by atoms with Crippen LogP contribution in [-0.2, 0) is 0 Å². The molecule has 0 N–H and O–H groups in total. The van der Waals surface area contributed by atoms with Gasteiger partial charge in [0.1, 0.15) is 11.2 Å². The summed E-state index contributed by atoms with van der Waals surface area (Å²) in [6.45, 7) is 0. The summed E-state index contributed by atoms with van der Waals surface area (Å²) in [6.07, 6.45) is 3.39. The lowest BCUT2D eigenvalue weighted by Crippen LogP contribution is -1.71. The summed E-state index contributed by atoms with van der Waals surface area (Å²) in [6, 6.07) is 2.01. The van der Waals surface area contributed by atoms with E-state index < -0.39 is 0 Å². The first kappa shape index (κ1) is 4.88. The zero-order chi connectivity index (χ0) is 6.10. The minimum Gasteiger partial charge on any atom is -0.244 e. The van der Waals surface area contributed by atoms with E-state index in [9.17, 15) is 0 Å². The Bertz CT molecular complexity index is 285. The summed E-state index contributed by atoms with van der Waals surface area (Å²) in [5.41, 5.74) is 0. The molecular weight excluding hydrogens is 132 g/mol. The van der Waals surface area contributed by atoms with Gasteiger partial charge in [-0.2, -0.15) is 0 Å². The van der Waals surface area contributed by atoms with Crippen molar-refractivity contribution in [1.82, 2.24) is 9.97 Å². The van der Waals surface area contributed by atoms with Crippen LogP contribution in [0.5, 0.6) is 0 Å². The van der Waals surface area contributed by atoms with Gasteiger partial charge in [0.2, 0.25) is 0 Å². The maximum Gasteiger partial charge on any atom is 0.126 e. The largest absolute Gasteiger partial charge is 0.244 e. The van der Waals surface area contributed by atoms with E-state index in [2.05, 4.69) is 9.97 Å². The van der Waals surface area contributed by atoms with Crippen molar-refractivity contribution in [3.8, 4) is 0 Å². The van der Waals surface area contributed by atoms with E-state index in [1.54, 1.807) is 17.7 Å². The van der Waals surface area contributed by atoms with Gasteiger partial charge in [-0.25, -0.2) is 9.97 Å². The molecule has 3 heteroatoms.